The summed E-state index contributed by atoms with van der Waals surface area (Å²) in [7, 11) is 1.68. The molecule has 3 N–H and O–H groups in total. The molecule has 1 aromatic carbocycles. The number of thiol groups is 1. The van der Waals surface area contributed by atoms with Gasteiger partial charge in [0.05, 0.1) is 30.6 Å². The van der Waals surface area contributed by atoms with E-state index < -0.39 is 0 Å². The quantitative estimate of drug-likeness (QED) is 0.451. The highest BCUT2D eigenvalue weighted by Crippen LogP contribution is 2.28. The van der Waals surface area contributed by atoms with Gasteiger partial charge in [-0.2, -0.15) is 0 Å². The van der Waals surface area contributed by atoms with Crippen LogP contribution in [-0.2, 0) is 16.5 Å². The van der Waals surface area contributed by atoms with Gasteiger partial charge in [-0.05, 0) is 17.2 Å². The molecule has 0 bridgehead atoms. The number of H-pyrrole nitrogens is 1. The predicted octanol–water partition coefficient (Wildman–Crippen LogP) is 3.07. The highest BCUT2D eigenvalue weighted by molar-refractivity contribution is 7.82. The van der Waals surface area contributed by atoms with Crippen molar-refractivity contribution in [2.24, 2.45) is 0 Å². The number of benzene rings is 1. The maximum Gasteiger partial charge on any atom is 0.324 e. The van der Waals surface area contributed by atoms with Crippen molar-refractivity contribution < 1.29 is 4.74 Å². The topological polar surface area (TPSA) is 60.9 Å². The first-order valence-electron chi connectivity index (χ1n) is 6.97. The summed E-state index contributed by atoms with van der Waals surface area (Å²) in [5.41, 5.74) is 4.17. The van der Waals surface area contributed by atoms with Crippen LogP contribution in [0.1, 0.15) is 22.1 Å². The Morgan fingerprint density at radius 2 is 2.09 bits per heavy atom. The smallest absolute Gasteiger partial charge is 0.324 e. The molecule has 4 nitrogen and oxygen atoms in total. The van der Waals surface area contributed by atoms with E-state index >= 15 is 0 Å². The van der Waals surface area contributed by atoms with Gasteiger partial charge in [-0.3, -0.25) is 0 Å². The molecule has 2 aromatic rings. The largest absolute Gasteiger partial charge is 0.459 e. The second kappa shape index (κ2) is 6.58. The molecule has 0 aliphatic carbocycles. The number of nitrogens with one attached hydrogen (secondary N) is 3. The summed E-state index contributed by atoms with van der Waals surface area (Å²) < 4.78 is 5.28. The first kappa shape index (κ1) is 14.5. The first-order valence-corrected chi connectivity index (χ1v) is 7.93. The van der Waals surface area contributed by atoms with Gasteiger partial charge < -0.3 is 20.4 Å². The Morgan fingerprint density at radius 3 is 2.77 bits per heavy atom. The van der Waals surface area contributed by atoms with Crippen molar-refractivity contribution in [1.29, 1.82) is 5.41 Å². The molecule has 2 heterocycles. The summed E-state index contributed by atoms with van der Waals surface area (Å²) in [5.74, 6) is 0. The molecule has 1 unspecified atom stereocenters. The lowest BCUT2D eigenvalue weighted by Gasteiger charge is -2.05. The Morgan fingerprint density at radius 1 is 1.27 bits per heavy atom. The molecule has 3 rings (SSSR count). The number of allylic oxidation sites excluding steroid dienone is 1. The zero-order valence-corrected chi connectivity index (χ0v) is 13.1. The number of hydrogen-bond donors (Lipinski definition) is 3. The maximum absolute atomic E-state index is 7.69. The molecule has 1 aromatic heterocycles. The number of hydrogen-bond acceptors (Lipinski definition) is 3. The van der Waals surface area contributed by atoms with Crippen LogP contribution in [-0.4, -0.2) is 18.3 Å². The van der Waals surface area contributed by atoms with Crippen LogP contribution in [0.5, 0.6) is 0 Å². The minimum absolute atomic E-state index is 0.176. The Bertz CT molecular complexity index is 719. The molecule has 0 amide bonds. The summed E-state index contributed by atoms with van der Waals surface area (Å²) in [4.78, 5) is 3.16. The van der Waals surface area contributed by atoms with Crippen LogP contribution in [0.25, 0.3) is 11.6 Å². The lowest BCUT2D eigenvalue weighted by Crippen LogP contribution is -2.11. The van der Waals surface area contributed by atoms with Gasteiger partial charge in [-0.25, -0.2) is 0 Å². The maximum atomic E-state index is 7.69. The molecular weight excluding hydrogens is 294 g/mol. The second-order valence-corrected chi connectivity index (χ2v) is 6.08. The van der Waals surface area contributed by atoms with E-state index in [-0.39, 0.29) is 5.37 Å². The number of aromatic amines is 1. The summed E-state index contributed by atoms with van der Waals surface area (Å²) in [6.45, 7) is 0. The van der Waals surface area contributed by atoms with Gasteiger partial charge in [0.2, 0.25) is 5.37 Å². The monoisotopic (exact) mass is 312 g/mol. The van der Waals surface area contributed by atoms with Gasteiger partial charge in [-0.1, -0.05) is 30.3 Å². The molecule has 0 saturated heterocycles. The molecule has 0 radical (unpaired) electrons. The fourth-order valence-electron chi connectivity index (χ4n) is 2.38. The van der Waals surface area contributed by atoms with Crippen molar-refractivity contribution >= 4 is 29.6 Å². The van der Waals surface area contributed by atoms with Gasteiger partial charge in [0.1, 0.15) is 0 Å². The molecular formula is C17H18N3OS+. The highest BCUT2D eigenvalue weighted by Gasteiger charge is 2.30. The van der Waals surface area contributed by atoms with Crippen molar-refractivity contribution in [2.45, 2.75) is 5.37 Å². The van der Waals surface area contributed by atoms with Crippen LogP contribution in [0.15, 0.2) is 54.0 Å². The van der Waals surface area contributed by atoms with E-state index in [0.29, 0.717) is 0 Å². The van der Waals surface area contributed by atoms with Crippen molar-refractivity contribution in [3.05, 3.63) is 70.7 Å². The van der Waals surface area contributed by atoms with Gasteiger partial charge in [-0.15, -0.1) is 0 Å². The average molecular weight is 312 g/mol. The van der Waals surface area contributed by atoms with Gasteiger partial charge >= 0.3 is 5.09 Å². The molecule has 1 atom stereocenters. The third-order valence-electron chi connectivity index (χ3n) is 3.51. The van der Waals surface area contributed by atoms with E-state index in [4.69, 9.17) is 10.1 Å². The summed E-state index contributed by atoms with van der Waals surface area (Å²) in [5, 5.41) is 12.1. The third-order valence-corrected chi connectivity index (χ3v) is 4.76. The standard InChI is InChI=1S/C17H17N3OS/c1-21-16-11-20-17(22-16)15-10-19-9-14(15)7-13(8-18)12-5-3-2-4-6-12/h2-11,17-20H,1H3/p+1/b13-7+,18-8?. The summed E-state index contributed by atoms with van der Waals surface area (Å²) >= 11 is 1.10. The van der Waals surface area contributed by atoms with Crippen LogP contribution in [0.3, 0.4) is 0 Å². The molecule has 1 aliphatic rings. The van der Waals surface area contributed by atoms with E-state index in [1.165, 1.54) is 11.8 Å². The van der Waals surface area contributed by atoms with Gasteiger partial charge in [0, 0.05) is 24.2 Å². The lowest BCUT2D eigenvalue weighted by molar-refractivity contribution is 0.324. The fraction of sp³-hybridized carbons (Fsp3) is 0.118. The van der Waals surface area contributed by atoms with Crippen molar-refractivity contribution in [3.8, 4) is 0 Å². The van der Waals surface area contributed by atoms with Crippen LogP contribution < -0.4 is 5.32 Å². The fourth-order valence-corrected chi connectivity index (χ4v) is 3.40. The van der Waals surface area contributed by atoms with E-state index in [9.17, 15) is 0 Å². The minimum Gasteiger partial charge on any atom is -0.459 e. The molecule has 0 fully saturated rings. The Balaban J connectivity index is 1.89. The lowest BCUT2D eigenvalue weighted by atomic mass is 10.0. The van der Waals surface area contributed by atoms with Crippen LogP contribution in [0.2, 0.25) is 0 Å². The van der Waals surface area contributed by atoms with Gasteiger partial charge in [0.15, 0.2) is 0 Å². The Labute approximate surface area is 133 Å². The SMILES string of the molecule is COC1=CNC(c2c[nH]cc2/C=C(\C=N)c2ccccc2)[SH+]1. The van der Waals surface area contributed by atoms with E-state index in [0.717, 1.165) is 33.6 Å². The average Bonchev–Trinajstić information content (AvgIpc) is 3.22. The number of rotatable bonds is 5. The molecule has 1 aliphatic heterocycles. The van der Waals surface area contributed by atoms with Crippen molar-refractivity contribution in [2.75, 3.05) is 7.11 Å². The van der Waals surface area contributed by atoms with Crippen molar-refractivity contribution in [1.82, 2.24) is 10.3 Å². The highest BCUT2D eigenvalue weighted by atomic mass is 32.2. The first-order chi connectivity index (χ1) is 10.8. The molecule has 5 heteroatoms. The van der Waals surface area contributed by atoms with Crippen LogP contribution >= 0.6 is 0 Å². The Kier molecular flexibility index (Phi) is 4.34. The summed E-state index contributed by atoms with van der Waals surface area (Å²) in [6.07, 6.45) is 9.29. The zero-order chi connectivity index (χ0) is 15.4. The third kappa shape index (κ3) is 2.94. The molecule has 22 heavy (non-hydrogen) atoms. The van der Waals surface area contributed by atoms with E-state index in [1.54, 1.807) is 7.11 Å². The molecule has 112 valence electrons. The number of aromatic nitrogens is 1. The predicted molar refractivity (Wildman–Crippen MR) is 93.6 cm³/mol. The van der Waals surface area contributed by atoms with Gasteiger partial charge in [0.25, 0.3) is 0 Å². The van der Waals surface area contributed by atoms with Crippen LogP contribution in [0, 0.1) is 5.41 Å². The van der Waals surface area contributed by atoms with Crippen LogP contribution in [0.4, 0.5) is 0 Å². The normalized spacial score (nSPS) is 17.8. The minimum atomic E-state index is 0.176. The van der Waals surface area contributed by atoms with E-state index in [2.05, 4.69) is 10.3 Å². The zero-order valence-electron chi connectivity index (χ0n) is 12.2. The van der Waals surface area contributed by atoms with E-state index in [1.807, 2.05) is 55.0 Å². The molecule has 0 saturated carbocycles. The second-order valence-electron chi connectivity index (χ2n) is 4.86. The molecule has 0 spiro atoms. The summed E-state index contributed by atoms with van der Waals surface area (Å²) in [6, 6.07) is 9.97. The van der Waals surface area contributed by atoms with Crippen molar-refractivity contribution in [3.63, 3.8) is 0 Å². The number of methoxy groups -OCH3 is 1. The Hall–Kier alpha value is -2.40. The number of ether oxygens (including phenoxy) is 1.